The Kier molecular flexibility index (Phi) is 2.43. The van der Waals surface area contributed by atoms with E-state index in [1.807, 2.05) is 0 Å². The summed E-state index contributed by atoms with van der Waals surface area (Å²) in [6, 6.07) is 6.48. The number of benzene rings is 1. The van der Waals surface area contributed by atoms with Gasteiger partial charge in [0.05, 0.1) is 17.8 Å². The maximum absolute atomic E-state index is 11.9. The quantitative estimate of drug-likeness (QED) is 0.781. The summed E-state index contributed by atoms with van der Waals surface area (Å²) in [6.07, 6.45) is 1.37. The molecule has 0 radical (unpaired) electrons. The largest absolute Gasteiger partial charge is 0.326 e. The topological polar surface area (TPSA) is 66.5 Å². The molecule has 1 N–H and O–H groups in total. The molecular formula is C10H10N2O3S. The summed E-state index contributed by atoms with van der Waals surface area (Å²) < 4.78 is 26.5. The van der Waals surface area contributed by atoms with Gasteiger partial charge in [0.1, 0.15) is 0 Å². The van der Waals surface area contributed by atoms with E-state index in [9.17, 15) is 13.2 Å². The number of nitrogens with zero attached hydrogens (tertiary/aromatic N) is 1. The van der Waals surface area contributed by atoms with Gasteiger partial charge in [0.25, 0.3) is 5.91 Å². The minimum atomic E-state index is -3.79. The maximum atomic E-state index is 11.9. The fourth-order valence-electron chi connectivity index (χ4n) is 1.49. The molecule has 0 aliphatic carbocycles. The fourth-order valence-corrected chi connectivity index (χ4v) is 2.68. The molecule has 1 heterocycles. The molecule has 0 unspecified atom stereocenters. The molecule has 1 amide bonds. The van der Waals surface area contributed by atoms with Crippen molar-refractivity contribution >= 4 is 21.8 Å². The Morgan fingerprint density at radius 2 is 2.06 bits per heavy atom. The highest BCUT2D eigenvalue weighted by Gasteiger charge is 2.34. The van der Waals surface area contributed by atoms with E-state index in [-0.39, 0.29) is 6.54 Å². The number of hydrogen-bond acceptors (Lipinski definition) is 3. The first-order valence-electron chi connectivity index (χ1n) is 4.61. The molecular weight excluding hydrogens is 228 g/mol. The van der Waals surface area contributed by atoms with E-state index in [2.05, 4.69) is 11.3 Å². The van der Waals surface area contributed by atoms with E-state index in [0.29, 0.717) is 11.3 Å². The highest BCUT2D eigenvalue weighted by Crippen LogP contribution is 2.25. The van der Waals surface area contributed by atoms with Crippen LogP contribution in [-0.2, 0) is 10.2 Å². The van der Waals surface area contributed by atoms with Crippen molar-refractivity contribution in [3.8, 4) is 0 Å². The molecule has 0 aromatic heterocycles. The molecule has 1 aliphatic rings. The van der Waals surface area contributed by atoms with Gasteiger partial charge in [-0.05, 0) is 12.1 Å². The van der Waals surface area contributed by atoms with Crippen LogP contribution in [0.1, 0.15) is 10.4 Å². The number of rotatable bonds is 2. The van der Waals surface area contributed by atoms with Gasteiger partial charge in [-0.1, -0.05) is 18.2 Å². The smallest absolute Gasteiger partial charge is 0.268 e. The first kappa shape index (κ1) is 10.7. The standard InChI is InChI=1S/C10H10N2O3S/c1-2-7-12-10(13)8-5-3-4-6-9(8)11-16(12,14)15/h2-6,11H,1,7H2. The number of carbonyl (C=O) groups excluding carboxylic acids is 1. The lowest BCUT2D eigenvalue weighted by molar-refractivity contribution is 0.0870. The molecule has 84 valence electrons. The van der Waals surface area contributed by atoms with Crippen LogP contribution in [0.15, 0.2) is 36.9 Å². The molecule has 0 saturated carbocycles. The second-order valence-electron chi connectivity index (χ2n) is 3.28. The van der Waals surface area contributed by atoms with E-state index in [4.69, 9.17) is 0 Å². The Morgan fingerprint density at radius 1 is 1.38 bits per heavy atom. The zero-order valence-corrected chi connectivity index (χ0v) is 9.20. The van der Waals surface area contributed by atoms with Crippen molar-refractivity contribution < 1.29 is 13.2 Å². The van der Waals surface area contributed by atoms with E-state index >= 15 is 0 Å². The number of amides is 1. The molecule has 16 heavy (non-hydrogen) atoms. The van der Waals surface area contributed by atoms with Gasteiger partial charge >= 0.3 is 10.2 Å². The molecule has 1 aliphatic heterocycles. The van der Waals surface area contributed by atoms with Crippen molar-refractivity contribution in [3.05, 3.63) is 42.5 Å². The molecule has 2 rings (SSSR count). The van der Waals surface area contributed by atoms with Crippen molar-refractivity contribution in [2.75, 3.05) is 11.3 Å². The zero-order chi connectivity index (χ0) is 11.8. The maximum Gasteiger partial charge on any atom is 0.326 e. The number of hydrogen-bond donors (Lipinski definition) is 1. The van der Waals surface area contributed by atoms with Crippen molar-refractivity contribution in [1.82, 2.24) is 4.31 Å². The van der Waals surface area contributed by atoms with Crippen molar-refractivity contribution in [1.29, 1.82) is 0 Å². The predicted octanol–water partition coefficient (Wildman–Crippen LogP) is 0.985. The minimum absolute atomic E-state index is 0.0392. The van der Waals surface area contributed by atoms with Crippen LogP contribution in [-0.4, -0.2) is 25.2 Å². The van der Waals surface area contributed by atoms with Gasteiger partial charge < -0.3 is 0 Å². The Labute approximate surface area is 93.6 Å². The summed E-state index contributed by atoms with van der Waals surface area (Å²) in [5.74, 6) is -0.533. The molecule has 0 fully saturated rings. The zero-order valence-electron chi connectivity index (χ0n) is 8.38. The third kappa shape index (κ3) is 1.57. The lowest BCUT2D eigenvalue weighted by Gasteiger charge is -2.27. The lowest BCUT2D eigenvalue weighted by atomic mass is 10.1. The van der Waals surface area contributed by atoms with Crippen LogP contribution in [0.2, 0.25) is 0 Å². The summed E-state index contributed by atoms with van der Waals surface area (Å²) in [6.45, 7) is 3.39. The number of fused-ring (bicyclic) bond motifs is 1. The van der Waals surface area contributed by atoms with E-state index in [0.717, 1.165) is 4.31 Å². The summed E-state index contributed by atoms with van der Waals surface area (Å²) in [7, 11) is -3.79. The van der Waals surface area contributed by atoms with E-state index in [1.165, 1.54) is 6.08 Å². The van der Waals surface area contributed by atoms with Crippen LogP contribution in [0.4, 0.5) is 5.69 Å². The molecule has 1 aromatic rings. The second-order valence-corrected chi connectivity index (χ2v) is 4.87. The van der Waals surface area contributed by atoms with Gasteiger partial charge in [-0.25, -0.2) is 4.31 Å². The minimum Gasteiger partial charge on any atom is -0.268 e. The van der Waals surface area contributed by atoms with Crippen LogP contribution >= 0.6 is 0 Å². The van der Waals surface area contributed by atoms with Crippen LogP contribution < -0.4 is 4.72 Å². The molecule has 5 nitrogen and oxygen atoms in total. The van der Waals surface area contributed by atoms with E-state index in [1.54, 1.807) is 24.3 Å². The van der Waals surface area contributed by atoms with Crippen molar-refractivity contribution in [3.63, 3.8) is 0 Å². The average Bonchev–Trinajstić information content (AvgIpc) is 2.23. The summed E-state index contributed by atoms with van der Waals surface area (Å²) in [5.41, 5.74) is 0.659. The van der Waals surface area contributed by atoms with Gasteiger partial charge in [-0.15, -0.1) is 6.58 Å². The Morgan fingerprint density at radius 3 is 2.75 bits per heavy atom. The average molecular weight is 238 g/mol. The number of nitrogens with one attached hydrogen (secondary N) is 1. The Hall–Kier alpha value is -1.82. The third-order valence-electron chi connectivity index (χ3n) is 2.21. The van der Waals surface area contributed by atoms with Gasteiger partial charge in [0, 0.05) is 0 Å². The van der Waals surface area contributed by atoms with Gasteiger partial charge in [0.2, 0.25) is 0 Å². The first-order valence-corrected chi connectivity index (χ1v) is 6.05. The van der Waals surface area contributed by atoms with Gasteiger partial charge in [-0.2, -0.15) is 8.42 Å². The lowest BCUT2D eigenvalue weighted by Crippen LogP contribution is -2.44. The summed E-state index contributed by atoms with van der Waals surface area (Å²) >= 11 is 0. The Balaban J connectivity index is 2.56. The Bertz CT molecular complexity index is 551. The van der Waals surface area contributed by atoms with Crippen molar-refractivity contribution in [2.45, 2.75) is 0 Å². The predicted molar refractivity (Wildman–Crippen MR) is 60.2 cm³/mol. The highest BCUT2D eigenvalue weighted by molar-refractivity contribution is 7.91. The molecule has 0 bridgehead atoms. The molecule has 0 spiro atoms. The van der Waals surface area contributed by atoms with Gasteiger partial charge in [-0.3, -0.25) is 9.52 Å². The summed E-state index contributed by atoms with van der Waals surface area (Å²) in [4.78, 5) is 11.9. The number of carbonyl (C=O) groups is 1. The van der Waals surface area contributed by atoms with Crippen LogP contribution in [0.3, 0.4) is 0 Å². The molecule has 0 atom stereocenters. The normalized spacial score (nSPS) is 17.5. The highest BCUT2D eigenvalue weighted by atomic mass is 32.2. The number of para-hydroxylation sites is 1. The van der Waals surface area contributed by atoms with Crippen LogP contribution in [0.5, 0.6) is 0 Å². The fraction of sp³-hybridized carbons (Fsp3) is 0.100. The molecule has 6 heteroatoms. The van der Waals surface area contributed by atoms with Crippen LogP contribution in [0.25, 0.3) is 0 Å². The summed E-state index contributed by atoms with van der Waals surface area (Å²) in [5, 5.41) is 0. The van der Waals surface area contributed by atoms with E-state index < -0.39 is 16.1 Å². The monoisotopic (exact) mass is 238 g/mol. The van der Waals surface area contributed by atoms with Crippen LogP contribution in [0, 0.1) is 0 Å². The van der Waals surface area contributed by atoms with Crippen molar-refractivity contribution in [2.24, 2.45) is 0 Å². The molecule has 0 saturated heterocycles. The number of anilines is 1. The van der Waals surface area contributed by atoms with Gasteiger partial charge in [0.15, 0.2) is 0 Å². The second kappa shape index (κ2) is 3.64. The third-order valence-corrected chi connectivity index (χ3v) is 3.58. The SMILES string of the molecule is C=CCN1C(=O)c2ccccc2NS1(=O)=O. The first-order chi connectivity index (χ1) is 7.56. The molecule has 1 aromatic carbocycles.